The van der Waals surface area contributed by atoms with Gasteiger partial charge in [-0.15, -0.1) is 0 Å². The Hall–Kier alpha value is -1.56. The van der Waals surface area contributed by atoms with Crippen LogP contribution in [0.4, 0.5) is 5.69 Å². The van der Waals surface area contributed by atoms with E-state index < -0.39 is 0 Å². The summed E-state index contributed by atoms with van der Waals surface area (Å²) >= 11 is 3.41. The van der Waals surface area contributed by atoms with Crippen LogP contribution in [0, 0.1) is 5.92 Å². The molecule has 2 heterocycles. The number of alkyl halides is 1. The highest BCUT2D eigenvalue weighted by Gasteiger charge is 2.33. The Kier molecular flexibility index (Phi) is 3.41. The largest absolute Gasteiger partial charge is 0.454 e. The molecule has 1 fully saturated rings. The van der Waals surface area contributed by atoms with E-state index in [4.69, 9.17) is 9.47 Å². The van der Waals surface area contributed by atoms with Gasteiger partial charge in [0.05, 0.1) is 5.69 Å². The first-order valence-electron chi connectivity index (χ1n) is 6.41. The molecular weight excluding hydrogens is 326 g/mol. The first kappa shape index (κ1) is 13.4. The Labute approximate surface area is 125 Å². The molecule has 6 heteroatoms. The van der Waals surface area contributed by atoms with E-state index in [1.54, 1.807) is 17.0 Å². The average Bonchev–Trinajstić information content (AvgIpc) is 3.02. The van der Waals surface area contributed by atoms with Gasteiger partial charge in [0, 0.05) is 29.9 Å². The molecule has 0 radical (unpaired) electrons. The number of hydrogen-bond donors (Lipinski definition) is 0. The summed E-state index contributed by atoms with van der Waals surface area (Å²) in [6, 6.07) is 3.39. The SMILES string of the molecule is CC(=O)c1cc2c(cc1N1CC(CBr)CC1=O)OCO2. The van der Waals surface area contributed by atoms with Crippen molar-refractivity contribution >= 4 is 33.3 Å². The number of rotatable bonds is 3. The summed E-state index contributed by atoms with van der Waals surface area (Å²) < 4.78 is 10.6. The predicted molar refractivity (Wildman–Crippen MR) is 76.8 cm³/mol. The van der Waals surface area contributed by atoms with E-state index in [2.05, 4.69) is 15.9 Å². The van der Waals surface area contributed by atoms with Crippen molar-refractivity contribution in [1.29, 1.82) is 0 Å². The number of nitrogens with zero attached hydrogens (tertiary/aromatic N) is 1. The molecule has 0 N–H and O–H groups in total. The maximum atomic E-state index is 12.1. The minimum Gasteiger partial charge on any atom is -0.454 e. The number of hydrogen-bond acceptors (Lipinski definition) is 4. The Bertz CT molecular complexity index is 587. The van der Waals surface area contributed by atoms with Gasteiger partial charge in [-0.1, -0.05) is 15.9 Å². The number of ketones is 1. The molecule has 1 atom stereocenters. The second-order valence-corrected chi connectivity index (χ2v) is 5.66. The fraction of sp³-hybridized carbons (Fsp3) is 0.429. The van der Waals surface area contributed by atoms with Crippen LogP contribution >= 0.6 is 15.9 Å². The van der Waals surface area contributed by atoms with Crippen molar-refractivity contribution in [3.8, 4) is 11.5 Å². The van der Waals surface area contributed by atoms with Gasteiger partial charge in [0.25, 0.3) is 0 Å². The molecule has 106 valence electrons. The minimum atomic E-state index is -0.0895. The summed E-state index contributed by atoms with van der Waals surface area (Å²) in [5, 5.41) is 0.773. The van der Waals surface area contributed by atoms with Gasteiger partial charge in [-0.25, -0.2) is 0 Å². The van der Waals surface area contributed by atoms with E-state index in [-0.39, 0.29) is 24.4 Å². The van der Waals surface area contributed by atoms with Crippen molar-refractivity contribution < 1.29 is 19.1 Å². The molecule has 1 amide bonds. The Morgan fingerprint density at radius 1 is 1.40 bits per heavy atom. The number of halogens is 1. The molecule has 1 unspecified atom stereocenters. The molecule has 1 aromatic rings. The lowest BCUT2D eigenvalue weighted by Crippen LogP contribution is -2.26. The predicted octanol–water partition coefficient (Wildman–Crippen LogP) is 2.37. The molecular formula is C14H14BrNO4. The third-order valence-electron chi connectivity index (χ3n) is 3.58. The van der Waals surface area contributed by atoms with Crippen LogP contribution in [-0.2, 0) is 4.79 Å². The maximum Gasteiger partial charge on any atom is 0.231 e. The molecule has 0 aliphatic carbocycles. The number of benzene rings is 1. The standard InChI is InChI=1S/C14H14BrNO4/c1-8(17)10-3-12-13(20-7-19-12)4-11(10)16-6-9(5-15)2-14(16)18/h3-4,9H,2,5-7H2,1H3. The van der Waals surface area contributed by atoms with E-state index in [0.717, 1.165) is 5.33 Å². The van der Waals surface area contributed by atoms with Gasteiger partial charge in [0.1, 0.15) is 0 Å². The number of amides is 1. The third kappa shape index (κ3) is 2.18. The van der Waals surface area contributed by atoms with Gasteiger partial charge in [-0.3, -0.25) is 9.59 Å². The molecule has 0 aromatic heterocycles. The lowest BCUT2D eigenvalue weighted by atomic mass is 10.1. The van der Waals surface area contributed by atoms with Crippen LogP contribution < -0.4 is 14.4 Å². The van der Waals surface area contributed by atoms with Crippen molar-refractivity contribution in [1.82, 2.24) is 0 Å². The van der Waals surface area contributed by atoms with Gasteiger partial charge in [-0.2, -0.15) is 0 Å². The molecule has 0 saturated carbocycles. The van der Waals surface area contributed by atoms with E-state index >= 15 is 0 Å². The van der Waals surface area contributed by atoms with E-state index in [1.807, 2.05) is 0 Å². The molecule has 0 bridgehead atoms. The van der Waals surface area contributed by atoms with Crippen molar-refractivity contribution in [3.05, 3.63) is 17.7 Å². The zero-order chi connectivity index (χ0) is 14.3. The molecule has 3 rings (SSSR count). The van der Waals surface area contributed by atoms with Gasteiger partial charge in [-0.05, 0) is 18.9 Å². The second-order valence-electron chi connectivity index (χ2n) is 5.01. The molecule has 1 aromatic carbocycles. The maximum absolute atomic E-state index is 12.1. The van der Waals surface area contributed by atoms with Crippen LogP contribution in [0.5, 0.6) is 11.5 Å². The summed E-state index contributed by atoms with van der Waals surface area (Å²) in [6.45, 7) is 2.25. The lowest BCUT2D eigenvalue weighted by molar-refractivity contribution is -0.117. The fourth-order valence-electron chi connectivity index (χ4n) is 2.55. The average molecular weight is 340 g/mol. The number of Topliss-reactive ketones (excluding diaryl/α,β-unsaturated/α-hetero) is 1. The lowest BCUT2D eigenvalue weighted by Gasteiger charge is -2.20. The quantitative estimate of drug-likeness (QED) is 0.626. The van der Waals surface area contributed by atoms with E-state index in [1.165, 1.54) is 6.92 Å². The fourth-order valence-corrected chi connectivity index (χ4v) is 2.99. The molecule has 20 heavy (non-hydrogen) atoms. The van der Waals surface area contributed by atoms with Crippen LogP contribution in [0.2, 0.25) is 0 Å². The summed E-state index contributed by atoms with van der Waals surface area (Å²) in [6.07, 6.45) is 0.497. The van der Waals surface area contributed by atoms with Crippen LogP contribution in [0.15, 0.2) is 12.1 Å². The topological polar surface area (TPSA) is 55.8 Å². The van der Waals surface area contributed by atoms with Gasteiger partial charge in [0.15, 0.2) is 17.3 Å². The number of fused-ring (bicyclic) bond motifs is 1. The smallest absolute Gasteiger partial charge is 0.231 e. The first-order valence-corrected chi connectivity index (χ1v) is 7.53. The monoisotopic (exact) mass is 339 g/mol. The van der Waals surface area contributed by atoms with Crippen molar-refractivity contribution in [2.24, 2.45) is 5.92 Å². The van der Waals surface area contributed by atoms with Crippen LogP contribution in [0.25, 0.3) is 0 Å². The number of carbonyl (C=O) groups excluding carboxylic acids is 2. The molecule has 1 saturated heterocycles. The summed E-state index contributed by atoms with van der Waals surface area (Å²) in [4.78, 5) is 25.6. The van der Waals surface area contributed by atoms with E-state index in [0.29, 0.717) is 35.7 Å². The number of anilines is 1. The normalized spacial score (nSPS) is 20.6. The third-order valence-corrected chi connectivity index (χ3v) is 4.50. The van der Waals surface area contributed by atoms with Crippen LogP contribution in [-0.4, -0.2) is 30.4 Å². The molecule has 2 aliphatic heterocycles. The van der Waals surface area contributed by atoms with Gasteiger partial charge >= 0.3 is 0 Å². The highest BCUT2D eigenvalue weighted by Crippen LogP contribution is 2.40. The number of carbonyl (C=O) groups is 2. The van der Waals surface area contributed by atoms with Crippen LogP contribution in [0.3, 0.4) is 0 Å². The molecule has 2 aliphatic rings. The second kappa shape index (κ2) is 5.09. The van der Waals surface area contributed by atoms with E-state index in [9.17, 15) is 9.59 Å². The zero-order valence-corrected chi connectivity index (χ0v) is 12.6. The first-order chi connectivity index (χ1) is 9.60. The van der Waals surface area contributed by atoms with Gasteiger partial charge < -0.3 is 14.4 Å². The summed E-state index contributed by atoms with van der Waals surface area (Å²) in [7, 11) is 0. The zero-order valence-electron chi connectivity index (χ0n) is 11.0. The molecule has 5 nitrogen and oxygen atoms in total. The minimum absolute atomic E-state index is 0.0378. The Morgan fingerprint density at radius 3 is 2.70 bits per heavy atom. The van der Waals surface area contributed by atoms with Crippen molar-refractivity contribution in [3.63, 3.8) is 0 Å². The Morgan fingerprint density at radius 2 is 2.10 bits per heavy atom. The summed E-state index contributed by atoms with van der Waals surface area (Å²) in [5.74, 6) is 1.36. The molecule has 0 spiro atoms. The highest BCUT2D eigenvalue weighted by molar-refractivity contribution is 9.09. The van der Waals surface area contributed by atoms with Gasteiger partial charge in [0.2, 0.25) is 12.7 Å². The van der Waals surface area contributed by atoms with Crippen LogP contribution in [0.1, 0.15) is 23.7 Å². The Balaban J connectivity index is 2.04. The highest BCUT2D eigenvalue weighted by atomic mass is 79.9. The van der Waals surface area contributed by atoms with Crippen molar-refractivity contribution in [2.45, 2.75) is 13.3 Å². The summed E-state index contributed by atoms with van der Waals surface area (Å²) in [5.41, 5.74) is 1.12. The van der Waals surface area contributed by atoms with Crippen molar-refractivity contribution in [2.75, 3.05) is 23.6 Å². The number of ether oxygens (including phenoxy) is 2.